The molecule has 1 saturated heterocycles. The number of hydrogen-bond acceptors (Lipinski definition) is 3. The van der Waals surface area contributed by atoms with E-state index >= 15 is 0 Å². The van der Waals surface area contributed by atoms with Crippen LogP contribution in [-0.2, 0) is 6.18 Å². The van der Waals surface area contributed by atoms with E-state index < -0.39 is 17.8 Å². The molecule has 24 heavy (non-hydrogen) atoms. The van der Waals surface area contributed by atoms with Crippen molar-refractivity contribution in [3.63, 3.8) is 0 Å². The Morgan fingerprint density at radius 3 is 2.62 bits per heavy atom. The maximum atomic E-state index is 13.0. The largest absolute Gasteiger partial charge is 0.488 e. The van der Waals surface area contributed by atoms with Crippen molar-refractivity contribution >= 4 is 5.91 Å². The zero-order chi connectivity index (χ0) is 17.2. The third kappa shape index (κ3) is 3.50. The fourth-order valence-electron chi connectivity index (χ4n) is 2.64. The fourth-order valence-corrected chi connectivity index (χ4v) is 2.64. The molecule has 1 aromatic carbocycles. The highest BCUT2D eigenvalue weighted by molar-refractivity contribution is 5.92. The van der Waals surface area contributed by atoms with Gasteiger partial charge in [-0.15, -0.1) is 0 Å². The van der Waals surface area contributed by atoms with Crippen molar-refractivity contribution in [3.05, 3.63) is 59.9 Å². The Hall–Kier alpha value is -2.57. The number of likely N-dealkylation sites (tertiary alicyclic amines) is 1. The van der Waals surface area contributed by atoms with Crippen molar-refractivity contribution in [1.82, 2.24) is 9.88 Å². The molecule has 126 valence electrons. The lowest BCUT2D eigenvalue weighted by Crippen LogP contribution is -2.31. The van der Waals surface area contributed by atoms with Gasteiger partial charge in [0.15, 0.2) is 0 Å². The second-order valence-electron chi connectivity index (χ2n) is 5.49. The zero-order valence-corrected chi connectivity index (χ0v) is 12.7. The number of rotatable bonds is 3. The van der Waals surface area contributed by atoms with Gasteiger partial charge in [-0.05, 0) is 24.3 Å². The van der Waals surface area contributed by atoms with E-state index in [0.717, 1.165) is 6.07 Å². The highest BCUT2D eigenvalue weighted by Gasteiger charge is 2.36. The summed E-state index contributed by atoms with van der Waals surface area (Å²) in [5, 5.41) is 0. The lowest BCUT2D eigenvalue weighted by Gasteiger charge is -2.19. The van der Waals surface area contributed by atoms with Crippen molar-refractivity contribution in [2.24, 2.45) is 0 Å². The van der Waals surface area contributed by atoms with Gasteiger partial charge in [0.1, 0.15) is 17.5 Å². The molecule has 0 unspecified atom stereocenters. The van der Waals surface area contributed by atoms with Crippen LogP contribution in [0.4, 0.5) is 13.2 Å². The van der Waals surface area contributed by atoms with Crippen LogP contribution in [-0.4, -0.2) is 35.0 Å². The van der Waals surface area contributed by atoms with Crippen LogP contribution >= 0.6 is 0 Å². The van der Waals surface area contributed by atoms with Crippen LogP contribution in [0.5, 0.6) is 5.75 Å². The standard InChI is InChI=1S/C17H15F3N2O2/c18-17(19,20)13-5-1-2-7-15(13)24-12-8-10-22(11-12)16(23)14-6-3-4-9-21-14/h1-7,9,12H,8,10-11H2/t12-/m1/s1. The van der Waals surface area contributed by atoms with E-state index in [1.165, 1.54) is 24.4 Å². The molecule has 0 aliphatic carbocycles. The highest BCUT2D eigenvalue weighted by Crippen LogP contribution is 2.36. The van der Waals surface area contributed by atoms with E-state index in [0.29, 0.717) is 18.7 Å². The number of hydrogen-bond donors (Lipinski definition) is 0. The molecule has 2 heterocycles. The minimum atomic E-state index is -4.47. The van der Waals surface area contributed by atoms with Gasteiger partial charge < -0.3 is 9.64 Å². The maximum absolute atomic E-state index is 13.0. The predicted molar refractivity (Wildman–Crippen MR) is 80.6 cm³/mol. The molecular weight excluding hydrogens is 321 g/mol. The molecule has 1 amide bonds. The second-order valence-corrected chi connectivity index (χ2v) is 5.49. The lowest BCUT2D eigenvalue weighted by atomic mass is 10.2. The van der Waals surface area contributed by atoms with E-state index in [4.69, 9.17) is 4.74 Å². The normalized spacial score (nSPS) is 17.8. The third-order valence-corrected chi connectivity index (χ3v) is 3.80. The number of aromatic nitrogens is 1. The summed E-state index contributed by atoms with van der Waals surface area (Å²) < 4.78 is 44.5. The molecule has 1 atom stereocenters. The van der Waals surface area contributed by atoms with Crippen LogP contribution in [0.1, 0.15) is 22.5 Å². The van der Waals surface area contributed by atoms with E-state index in [1.54, 1.807) is 23.1 Å². The van der Waals surface area contributed by atoms with E-state index in [-0.39, 0.29) is 18.2 Å². The number of carbonyl (C=O) groups excluding carboxylic acids is 1. The van der Waals surface area contributed by atoms with Gasteiger partial charge in [0.25, 0.3) is 5.91 Å². The Morgan fingerprint density at radius 1 is 1.17 bits per heavy atom. The van der Waals surface area contributed by atoms with Gasteiger partial charge in [0, 0.05) is 19.2 Å². The number of carbonyl (C=O) groups is 1. The number of amides is 1. The zero-order valence-electron chi connectivity index (χ0n) is 12.7. The minimum absolute atomic E-state index is 0.206. The summed E-state index contributed by atoms with van der Waals surface area (Å²) in [5.74, 6) is -0.451. The van der Waals surface area contributed by atoms with Gasteiger partial charge in [-0.25, -0.2) is 0 Å². The van der Waals surface area contributed by atoms with Gasteiger partial charge in [0.05, 0.1) is 12.1 Å². The highest BCUT2D eigenvalue weighted by atomic mass is 19.4. The molecule has 1 fully saturated rings. The Bertz CT molecular complexity index is 719. The molecule has 0 spiro atoms. The van der Waals surface area contributed by atoms with E-state index in [9.17, 15) is 18.0 Å². The first-order valence-corrected chi connectivity index (χ1v) is 7.48. The van der Waals surface area contributed by atoms with Gasteiger partial charge in [-0.1, -0.05) is 18.2 Å². The number of pyridine rings is 1. The second kappa shape index (κ2) is 6.51. The maximum Gasteiger partial charge on any atom is 0.419 e. The molecule has 1 aliphatic heterocycles. The van der Waals surface area contributed by atoms with Crippen molar-refractivity contribution in [2.45, 2.75) is 18.7 Å². The Kier molecular flexibility index (Phi) is 4.42. The van der Waals surface area contributed by atoms with Crippen LogP contribution in [0.15, 0.2) is 48.7 Å². The molecular formula is C17H15F3N2O2. The molecule has 0 bridgehead atoms. The lowest BCUT2D eigenvalue weighted by molar-refractivity contribution is -0.139. The summed E-state index contributed by atoms with van der Waals surface area (Å²) in [7, 11) is 0. The molecule has 7 heteroatoms. The SMILES string of the molecule is O=C(c1ccccn1)N1CC[C@@H](Oc2ccccc2C(F)(F)F)C1. The van der Waals surface area contributed by atoms with Crippen LogP contribution < -0.4 is 4.74 Å². The van der Waals surface area contributed by atoms with Gasteiger partial charge in [-0.2, -0.15) is 13.2 Å². The Balaban J connectivity index is 1.68. The summed E-state index contributed by atoms with van der Waals surface area (Å²) in [5.41, 5.74) is -0.492. The quantitative estimate of drug-likeness (QED) is 0.863. The number of benzene rings is 1. The molecule has 0 radical (unpaired) electrons. The van der Waals surface area contributed by atoms with Gasteiger partial charge >= 0.3 is 6.18 Å². The number of nitrogens with zero attached hydrogens (tertiary/aromatic N) is 2. The number of halogens is 3. The van der Waals surface area contributed by atoms with Gasteiger partial charge in [-0.3, -0.25) is 9.78 Å². The summed E-state index contributed by atoms with van der Waals surface area (Å²) in [6.07, 6.45) is -2.94. The summed E-state index contributed by atoms with van der Waals surface area (Å²) in [6.45, 7) is 0.663. The Morgan fingerprint density at radius 2 is 1.92 bits per heavy atom. The van der Waals surface area contributed by atoms with Crippen molar-refractivity contribution < 1.29 is 22.7 Å². The molecule has 3 rings (SSSR count). The first-order valence-electron chi connectivity index (χ1n) is 7.48. The smallest absolute Gasteiger partial charge is 0.419 e. The molecule has 1 aromatic heterocycles. The number of ether oxygens (including phenoxy) is 1. The van der Waals surface area contributed by atoms with E-state index in [2.05, 4.69) is 4.98 Å². The molecule has 4 nitrogen and oxygen atoms in total. The Labute approximate surface area is 136 Å². The third-order valence-electron chi connectivity index (χ3n) is 3.80. The average molecular weight is 336 g/mol. The van der Waals surface area contributed by atoms with Gasteiger partial charge in [0.2, 0.25) is 0 Å². The molecule has 0 saturated carbocycles. The van der Waals surface area contributed by atoms with E-state index in [1.807, 2.05) is 0 Å². The summed E-state index contributed by atoms with van der Waals surface area (Å²) in [4.78, 5) is 17.8. The number of para-hydroxylation sites is 1. The number of alkyl halides is 3. The summed E-state index contributed by atoms with van der Waals surface area (Å²) in [6, 6.07) is 10.1. The van der Waals surface area contributed by atoms with Crippen molar-refractivity contribution in [2.75, 3.05) is 13.1 Å². The molecule has 0 N–H and O–H groups in total. The van der Waals surface area contributed by atoms with Crippen molar-refractivity contribution in [1.29, 1.82) is 0 Å². The predicted octanol–water partition coefficient (Wildman–Crippen LogP) is 3.39. The average Bonchev–Trinajstić information content (AvgIpc) is 3.03. The monoisotopic (exact) mass is 336 g/mol. The molecule has 1 aliphatic rings. The van der Waals surface area contributed by atoms with Crippen LogP contribution in [0.25, 0.3) is 0 Å². The van der Waals surface area contributed by atoms with Crippen LogP contribution in [0.3, 0.4) is 0 Å². The molecule has 2 aromatic rings. The van der Waals surface area contributed by atoms with Crippen LogP contribution in [0, 0.1) is 0 Å². The van der Waals surface area contributed by atoms with Crippen LogP contribution in [0.2, 0.25) is 0 Å². The first kappa shape index (κ1) is 16.3. The fraction of sp³-hybridized carbons (Fsp3) is 0.294. The van der Waals surface area contributed by atoms with Crippen molar-refractivity contribution in [3.8, 4) is 5.75 Å². The first-order chi connectivity index (χ1) is 11.4. The summed E-state index contributed by atoms with van der Waals surface area (Å²) >= 11 is 0. The topological polar surface area (TPSA) is 42.4 Å². The minimum Gasteiger partial charge on any atom is -0.488 e.